The summed E-state index contributed by atoms with van der Waals surface area (Å²) in [7, 11) is 0. The van der Waals surface area contributed by atoms with Crippen LogP contribution >= 0.6 is 0 Å². The van der Waals surface area contributed by atoms with Gasteiger partial charge in [0.1, 0.15) is 6.04 Å². The van der Waals surface area contributed by atoms with Crippen molar-refractivity contribution in [3.8, 4) is 0 Å². The minimum Gasteiger partial charge on any atom is -0.381 e. The maximum atomic E-state index is 11.9. The summed E-state index contributed by atoms with van der Waals surface area (Å²) < 4.78 is 5.29. The van der Waals surface area contributed by atoms with Crippen LogP contribution in [0.25, 0.3) is 0 Å². The first kappa shape index (κ1) is 13.1. The van der Waals surface area contributed by atoms with Crippen LogP contribution in [-0.2, 0) is 9.53 Å². The second-order valence-electron chi connectivity index (χ2n) is 4.69. The van der Waals surface area contributed by atoms with E-state index in [-0.39, 0.29) is 5.91 Å². The summed E-state index contributed by atoms with van der Waals surface area (Å²) in [5.41, 5.74) is 6.77. The van der Waals surface area contributed by atoms with Gasteiger partial charge in [-0.1, -0.05) is 30.3 Å². The lowest BCUT2D eigenvalue weighted by Crippen LogP contribution is -2.38. The molecule has 1 saturated heterocycles. The number of carbonyl (C=O) groups excluding carboxylic acids is 1. The van der Waals surface area contributed by atoms with Crippen molar-refractivity contribution in [3.63, 3.8) is 0 Å². The molecular weight excluding hydrogens is 228 g/mol. The van der Waals surface area contributed by atoms with Crippen LogP contribution in [0.15, 0.2) is 30.3 Å². The molecule has 4 heteroatoms. The normalized spacial score (nSPS) is 18.3. The van der Waals surface area contributed by atoms with E-state index in [1.807, 2.05) is 30.3 Å². The predicted molar refractivity (Wildman–Crippen MR) is 69.9 cm³/mol. The first-order chi connectivity index (χ1) is 8.77. The zero-order valence-electron chi connectivity index (χ0n) is 10.5. The molecule has 3 N–H and O–H groups in total. The molecule has 1 aliphatic heterocycles. The molecular formula is C14H20N2O2. The van der Waals surface area contributed by atoms with Crippen molar-refractivity contribution >= 4 is 5.91 Å². The Kier molecular flexibility index (Phi) is 4.73. The zero-order valence-corrected chi connectivity index (χ0v) is 10.5. The lowest BCUT2D eigenvalue weighted by molar-refractivity contribution is -0.122. The Bertz CT molecular complexity index is 375. The number of hydrogen-bond acceptors (Lipinski definition) is 3. The van der Waals surface area contributed by atoms with Crippen LogP contribution in [0.4, 0.5) is 0 Å². The van der Waals surface area contributed by atoms with Gasteiger partial charge in [-0.15, -0.1) is 0 Å². The largest absolute Gasteiger partial charge is 0.381 e. The molecule has 4 nitrogen and oxygen atoms in total. The molecule has 0 aliphatic carbocycles. The van der Waals surface area contributed by atoms with Gasteiger partial charge in [0, 0.05) is 19.8 Å². The fraction of sp³-hybridized carbons (Fsp3) is 0.500. The SMILES string of the molecule is N[C@@H](C(=O)NCC1CCOCC1)c1ccccc1. The fourth-order valence-corrected chi connectivity index (χ4v) is 2.12. The number of amides is 1. The van der Waals surface area contributed by atoms with Gasteiger partial charge in [0.05, 0.1) is 0 Å². The minimum absolute atomic E-state index is 0.104. The van der Waals surface area contributed by atoms with Gasteiger partial charge >= 0.3 is 0 Å². The monoisotopic (exact) mass is 248 g/mol. The van der Waals surface area contributed by atoms with E-state index in [0.717, 1.165) is 31.6 Å². The second kappa shape index (κ2) is 6.52. The van der Waals surface area contributed by atoms with Gasteiger partial charge in [-0.2, -0.15) is 0 Å². The summed E-state index contributed by atoms with van der Waals surface area (Å²) in [6.45, 7) is 2.29. The number of benzene rings is 1. The summed E-state index contributed by atoms with van der Waals surface area (Å²) in [5, 5.41) is 2.93. The van der Waals surface area contributed by atoms with Crippen LogP contribution in [0.3, 0.4) is 0 Å². The Hall–Kier alpha value is -1.39. The lowest BCUT2D eigenvalue weighted by Gasteiger charge is -2.23. The number of nitrogens with one attached hydrogen (secondary N) is 1. The molecule has 1 aromatic rings. The summed E-state index contributed by atoms with van der Waals surface area (Å²) >= 11 is 0. The van der Waals surface area contributed by atoms with Crippen molar-refractivity contribution in [2.45, 2.75) is 18.9 Å². The average Bonchev–Trinajstić information content (AvgIpc) is 2.46. The molecule has 1 aromatic carbocycles. The van der Waals surface area contributed by atoms with Crippen molar-refractivity contribution in [1.82, 2.24) is 5.32 Å². The van der Waals surface area contributed by atoms with Gasteiger partial charge < -0.3 is 15.8 Å². The minimum atomic E-state index is -0.578. The Morgan fingerprint density at radius 3 is 2.67 bits per heavy atom. The van der Waals surface area contributed by atoms with E-state index >= 15 is 0 Å². The number of nitrogens with two attached hydrogens (primary N) is 1. The number of ether oxygens (including phenoxy) is 1. The summed E-state index contributed by atoms with van der Waals surface area (Å²) in [4.78, 5) is 11.9. The van der Waals surface area contributed by atoms with Gasteiger partial charge in [0.25, 0.3) is 0 Å². The van der Waals surface area contributed by atoms with Crippen LogP contribution in [0.2, 0.25) is 0 Å². The van der Waals surface area contributed by atoms with Crippen molar-refractivity contribution < 1.29 is 9.53 Å². The molecule has 0 radical (unpaired) electrons. The molecule has 1 fully saturated rings. The maximum Gasteiger partial charge on any atom is 0.241 e. The Balaban J connectivity index is 1.80. The molecule has 0 saturated carbocycles. The molecule has 0 unspecified atom stereocenters. The lowest BCUT2D eigenvalue weighted by atomic mass is 10.00. The average molecular weight is 248 g/mol. The third-order valence-corrected chi connectivity index (χ3v) is 3.35. The molecule has 1 atom stereocenters. The fourth-order valence-electron chi connectivity index (χ4n) is 2.12. The van der Waals surface area contributed by atoms with E-state index in [4.69, 9.17) is 10.5 Å². The highest BCUT2D eigenvalue weighted by Crippen LogP contribution is 2.14. The molecule has 2 rings (SSSR count). The van der Waals surface area contributed by atoms with Gasteiger partial charge in [-0.05, 0) is 24.3 Å². The third-order valence-electron chi connectivity index (χ3n) is 3.35. The molecule has 1 aliphatic rings. The van der Waals surface area contributed by atoms with E-state index in [1.165, 1.54) is 0 Å². The maximum absolute atomic E-state index is 11.9. The molecule has 0 spiro atoms. The van der Waals surface area contributed by atoms with Gasteiger partial charge in [0.2, 0.25) is 5.91 Å². The standard InChI is InChI=1S/C14H20N2O2/c15-13(12-4-2-1-3-5-12)14(17)16-10-11-6-8-18-9-7-11/h1-5,11,13H,6-10,15H2,(H,16,17)/t13-/m1/s1. The zero-order chi connectivity index (χ0) is 12.8. The molecule has 98 valence electrons. The van der Waals surface area contributed by atoms with E-state index in [2.05, 4.69) is 5.32 Å². The van der Waals surface area contributed by atoms with Crippen molar-refractivity contribution in [2.24, 2.45) is 11.7 Å². The van der Waals surface area contributed by atoms with Crippen LogP contribution in [0.5, 0.6) is 0 Å². The van der Waals surface area contributed by atoms with E-state index in [9.17, 15) is 4.79 Å². The van der Waals surface area contributed by atoms with Crippen molar-refractivity contribution in [3.05, 3.63) is 35.9 Å². The van der Waals surface area contributed by atoms with Gasteiger partial charge in [0.15, 0.2) is 0 Å². The number of rotatable bonds is 4. The molecule has 18 heavy (non-hydrogen) atoms. The molecule has 0 aromatic heterocycles. The van der Waals surface area contributed by atoms with E-state index in [0.29, 0.717) is 12.5 Å². The summed E-state index contributed by atoms with van der Waals surface area (Å²) in [5.74, 6) is 0.415. The van der Waals surface area contributed by atoms with Crippen LogP contribution in [0, 0.1) is 5.92 Å². The first-order valence-electron chi connectivity index (χ1n) is 6.43. The summed E-state index contributed by atoms with van der Waals surface area (Å²) in [6.07, 6.45) is 2.03. The molecule has 0 bridgehead atoms. The topological polar surface area (TPSA) is 64.4 Å². The predicted octanol–water partition coefficient (Wildman–Crippen LogP) is 1.23. The van der Waals surface area contributed by atoms with Gasteiger partial charge in [-0.25, -0.2) is 0 Å². The Morgan fingerprint density at radius 2 is 2.00 bits per heavy atom. The smallest absolute Gasteiger partial charge is 0.241 e. The summed E-state index contributed by atoms with van der Waals surface area (Å²) in [6, 6.07) is 8.86. The Morgan fingerprint density at radius 1 is 1.33 bits per heavy atom. The highest BCUT2D eigenvalue weighted by molar-refractivity contribution is 5.82. The van der Waals surface area contributed by atoms with Crippen LogP contribution < -0.4 is 11.1 Å². The van der Waals surface area contributed by atoms with Crippen molar-refractivity contribution in [1.29, 1.82) is 0 Å². The first-order valence-corrected chi connectivity index (χ1v) is 6.43. The van der Waals surface area contributed by atoms with E-state index < -0.39 is 6.04 Å². The highest BCUT2D eigenvalue weighted by Gasteiger charge is 2.18. The van der Waals surface area contributed by atoms with Crippen LogP contribution in [0.1, 0.15) is 24.4 Å². The van der Waals surface area contributed by atoms with Gasteiger partial charge in [-0.3, -0.25) is 4.79 Å². The third kappa shape index (κ3) is 3.55. The number of carbonyl (C=O) groups is 1. The van der Waals surface area contributed by atoms with Crippen molar-refractivity contribution in [2.75, 3.05) is 19.8 Å². The number of hydrogen-bond donors (Lipinski definition) is 2. The quantitative estimate of drug-likeness (QED) is 0.842. The highest BCUT2D eigenvalue weighted by atomic mass is 16.5. The molecule has 1 amide bonds. The second-order valence-corrected chi connectivity index (χ2v) is 4.69. The Labute approximate surface area is 108 Å². The molecule has 1 heterocycles. The van der Waals surface area contributed by atoms with E-state index in [1.54, 1.807) is 0 Å². The van der Waals surface area contributed by atoms with Crippen LogP contribution in [-0.4, -0.2) is 25.7 Å².